The van der Waals surface area contributed by atoms with Crippen LogP contribution >= 0.6 is 11.3 Å². The summed E-state index contributed by atoms with van der Waals surface area (Å²) in [5, 5.41) is 5.00. The Balaban J connectivity index is 1.51. The van der Waals surface area contributed by atoms with Crippen LogP contribution in [0.4, 0.5) is 5.69 Å². The number of imide groups is 1. The minimum atomic E-state index is -0.387. The lowest BCUT2D eigenvalue weighted by molar-refractivity contribution is -0.137. The molecule has 0 atom stereocenters. The maximum atomic E-state index is 13.2. The Morgan fingerprint density at radius 2 is 1.93 bits per heavy atom. The Hall–Kier alpha value is -3.65. The van der Waals surface area contributed by atoms with Gasteiger partial charge in [0.1, 0.15) is 5.70 Å². The van der Waals surface area contributed by atoms with E-state index in [2.05, 4.69) is 10.3 Å². The monoisotopic (exact) mass is 405 g/mol. The first-order chi connectivity index (χ1) is 14.2. The van der Waals surface area contributed by atoms with Crippen molar-refractivity contribution in [1.82, 2.24) is 9.88 Å². The number of carbonyl (C=O) groups excluding carboxylic acids is 2. The molecule has 0 aliphatic carbocycles. The number of fused-ring (bicyclic) bond motifs is 1. The van der Waals surface area contributed by atoms with Crippen LogP contribution in [0.5, 0.6) is 11.5 Å². The van der Waals surface area contributed by atoms with Gasteiger partial charge in [-0.3, -0.25) is 19.5 Å². The number of carbonyl (C=O) groups is 2. The summed E-state index contributed by atoms with van der Waals surface area (Å²) in [6.07, 6.45) is 1.64. The number of nitrogens with zero attached hydrogens (tertiary/aromatic N) is 2. The van der Waals surface area contributed by atoms with Crippen molar-refractivity contribution in [2.24, 2.45) is 0 Å². The second-order valence-electron chi connectivity index (χ2n) is 6.44. The smallest absolute Gasteiger partial charge is 0.278 e. The molecule has 0 fully saturated rings. The molecule has 8 heteroatoms. The highest BCUT2D eigenvalue weighted by atomic mass is 32.1. The summed E-state index contributed by atoms with van der Waals surface area (Å²) in [4.78, 5) is 32.5. The molecule has 4 heterocycles. The zero-order valence-corrected chi connectivity index (χ0v) is 15.9. The lowest BCUT2D eigenvalue weighted by atomic mass is 10.2. The van der Waals surface area contributed by atoms with Gasteiger partial charge in [-0.2, -0.15) is 0 Å². The number of nitrogens with one attached hydrogen (secondary N) is 1. The summed E-state index contributed by atoms with van der Waals surface area (Å²) < 4.78 is 10.7. The quantitative estimate of drug-likeness (QED) is 0.657. The van der Waals surface area contributed by atoms with Gasteiger partial charge in [0, 0.05) is 22.8 Å². The molecule has 2 aliphatic rings. The van der Waals surface area contributed by atoms with E-state index >= 15 is 0 Å². The normalized spacial score (nSPS) is 15.4. The predicted molar refractivity (Wildman–Crippen MR) is 107 cm³/mol. The number of hydrogen-bond acceptors (Lipinski definition) is 7. The van der Waals surface area contributed by atoms with E-state index in [9.17, 15) is 9.59 Å². The molecule has 5 rings (SSSR count). The van der Waals surface area contributed by atoms with Crippen LogP contribution in [0.25, 0.3) is 5.57 Å². The molecule has 3 aromatic rings. The fourth-order valence-electron chi connectivity index (χ4n) is 3.26. The van der Waals surface area contributed by atoms with E-state index in [0.29, 0.717) is 28.5 Å². The third kappa shape index (κ3) is 3.13. The van der Waals surface area contributed by atoms with Crippen molar-refractivity contribution in [2.75, 3.05) is 12.1 Å². The molecule has 29 heavy (non-hydrogen) atoms. The molecule has 1 N–H and O–H groups in total. The summed E-state index contributed by atoms with van der Waals surface area (Å²) in [5.41, 5.74) is 1.88. The van der Waals surface area contributed by atoms with Gasteiger partial charge >= 0.3 is 0 Å². The average molecular weight is 405 g/mol. The zero-order chi connectivity index (χ0) is 19.8. The summed E-state index contributed by atoms with van der Waals surface area (Å²) in [5.74, 6) is 0.511. The van der Waals surface area contributed by atoms with Crippen molar-refractivity contribution in [1.29, 1.82) is 0 Å². The molecule has 0 radical (unpaired) electrons. The highest BCUT2D eigenvalue weighted by Crippen LogP contribution is 2.37. The Morgan fingerprint density at radius 1 is 1.03 bits per heavy atom. The van der Waals surface area contributed by atoms with Crippen molar-refractivity contribution in [3.63, 3.8) is 0 Å². The summed E-state index contributed by atoms with van der Waals surface area (Å²) in [6, 6.07) is 14.4. The van der Waals surface area contributed by atoms with Crippen molar-refractivity contribution >= 4 is 34.4 Å². The maximum absolute atomic E-state index is 13.2. The molecular weight excluding hydrogens is 390 g/mol. The third-order valence-electron chi connectivity index (χ3n) is 4.62. The Kier molecular flexibility index (Phi) is 4.25. The van der Waals surface area contributed by atoms with E-state index in [1.165, 1.54) is 16.2 Å². The number of thiophene rings is 1. The molecule has 0 saturated heterocycles. The van der Waals surface area contributed by atoms with Gasteiger partial charge in [-0.1, -0.05) is 12.1 Å². The van der Waals surface area contributed by atoms with E-state index in [1.54, 1.807) is 36.5 Å². The van der Waals surface area contributed by atoms with E-state index in [4.69, 9.17) is 9.47 Å². The first kappa shape index (κ1) is 17.4. The van der Waals surface area contributed by atoms with Crippen LogP contribution in [-0.4, -0.2) is 28.5 Å². The molecule has 2 aromatic heterocycles. The fraction of sp³-hybridized carbons (Fsp3) is 0.0952. The van der Waals surface area contributed by atoms with Crippen molar-refractivity contribution in [3.8, 4) is 11.5 Å². The molecule has 144 valence electrons. The summed E-state index contributed by atoms with van der Waals surface area (Å²) in [7, 11) is 0. The van der Waals surface area contributed by atoms with E-state index in [0.717, 1.165) is 4.88 Å². The van der Waals surface area contributed by atoms with Gasteiger partial charge in [-0.05, 0) is 35.7 Å². The molecule has 7 nitrogen and oxygen atoms in total. The first-order valence-electron chi connectivity index (χ1n) is 8.91. The number of aromatic nitrogens is 1. The second kappa shape index (κ2) is 7.06. The fourth-order valence-corrected chi connectivity index (χ4v) is 4.03. The molecule has 0 unspecified atom stereocenters. The molecule has 2 amide bonds. The van der Waals surface area contributed by atoms with Gasteiger partial charge in [0.25, 0.3) is 11.8 Å². The third-order valence-corrected chi connectivity index (χ3v) is 5.51. The number of hydrogen-bond donors (Lipinski definition) is 1. The van der Waals surface area contributed by atoms with Crippen LogP contribution in [0.1, 0.15) is 10.6 Å². The van der Waals surface area contributed by atoms with Gasteiger partial charge in [0.2, 0.25) is 6.79 Å². The van der Waals surface area contributed by atoms with Gasteiger partial charge in [-0.15, -0.1) is 11.3 Å². The van der Waals surface area contributed by atoms with Gasteiger partial charge < -0.3 is 14.8 Å². The topological polar surface area (TPSA) is 80.8 Å². The SMILES string of the molecule is O=C1C(Nc2ccc3c(c2)OCO3)=C(c2cccs2)C(=O)N1Cc1ccccn1. The van der Waals surface area contributed by atoms with Gasteiger partial charge in [0.05, 0.1) is 17.8 Å². The maximum Gasteiger partial charge on any atom is 0.278 e. The van der Waals surface area contributed by atoms with Crippen LogP contribution in [0, 0.1) is 0 Å². The summed E-state index contributed by atoms with van der Waals surface area (Å²) >= 11 is 1.41. The second-order valence-corrected chi connectivity index (χ2v) is 7.39. The summed E-state index contributed by atoms with van der Waals surface area (Å²) in [6.45, 7) is 0.275. The minimum Gasteiger partial charge on any atom is -0.454 e. The number of pyridine rings is 1. The highest BCUT2D eigenvalue weighted by molar-refractivity contribution is 7.11. The van der Waals surface area contributed by atoms with Crippen molar-refractivity contribution in [2.45, 2.75) is 6.54 Å². The predicted octanol–water partition coefficient (Wildman–Crippen LogP) is 3.26. The molecule has 0 spiro atoms. The number of anilines is 1. The largest absolute Gasteiger partial charge is 0.454 e. The highest BCUT2D eigenvalue weighted by Gasteiger charge is 2.40. The number of rotatable bonds is 5. The Bertz CT molecular complexity index is 1130. The average Bonchev–Trinajstić information content (AvgIpc) is 3.47. The van der Waals surface area contributed by atoms with Crippen molar-refractivity contribution < 1.29 is 19.1 Å². The molecular formula is C21H15N3O4S. The molecule has 2 aliphatic heterocycles. The lowest BCUT2D eigenvalue weighted by Gasteiger charge is -2.14. The van der Waals surface area contributed by atoms with Crippen molar-refractivity contribution in [3.05, 3.63) is 76.4 Å². The van der Waals surface area contributed by atoms with Crippen LogP contribution < -0.4 is 14.8 Å². The standard InChI is InChI=1S/C21H15N3O4S/c25-20-18(17-5-3-9-29-17)19(21(26)24(20)11-14-4-1-2-8-22-14)23-13-6-7-15-16(10-13)28-12-27-15/h1-10,23H,11-12H2. The van der Waals surface area contributed by atoms with Crippen LogP contribution in [-0.2, 0) is 16.1 Å². The molecule has 0 bridgehead atoms. The Morgan fingerprint density at radius 3 is 2.72 bits per heavy atom. The van der Waals surface area contributed by atoms with E-state index in [-0.39, 0.29) is 30.8 Å². The number of ether oxygens (including phenoxy) is 2. The van der Waals surface area contributed by atoms with E-state index in [1.807, 2.05) is 23.6 Å². The zero-order valence-electron chi connectivity index (χ0n) is 15.1. The van der Waals surface area contributed by atoms with E-state index < -0.39 is 0 Å². The Labute approximate surface area is 170 Å². The minimum absolute atomic E-state index is 0.111. The van der Waals surface area contributed by atoms with Crippen LogP contribution in [0.3, 0.4) is 0 Å². The van der Waals surface area contributed by atoms with Gasteiger partial charge in [-0.25, -0.2) is 0 Å². The number of benzene rings is 1. The lowest BCUT2D eigenvalue weighted by Crippen LogP contribution is -2.32. The first-order valence-corrected chi connectivity index (χ1v) is 9.79. The van der Waals surface area contributed by atoms with Crippen LogP contribution in [0.2, 0.25) is 0 Å². The molecule has 1 aromatic carbocycles. The molecule has 0 saturated carbocycles. The van der Waals surface area contributed by atoms with Gasteiger partial charge in [0.15, 0.2) is 11.5 Å². The van der Waals surface area contributed by atoms with Crippen LogP contribution in [0.15, 0.2) is 65.8 Å². The number of amides is 2.